The third kappa shape index (κ3) is 2.52. The van der Waals surface area contributed by atoms with E-state index >= 15 is 0 Å². The lowest BCUT2D eigenvalue weighted by atomic mass is 10.2. The first kappa shape index (κ1) is 14.0. The summed E-state index contributed by atoms with van der Waals surface area (Å²) in [5.41, 5.74) is 0. The maximum Gasteiger partial charge on any atom is 0.220 e. The van der Waals surface area contributed by atoms with Crippen molar-refractivity contribution in [3.63, 3.8) is 0 Å². The first-order valence-electron chi connectivity index (χ1n) is 7.52. The molecule has 2 aliphatic rings. The van der Waals surface area contributed by atoms with Crippen LogP contribution in [-0.2, 0) is 22.6 Å². The van der Waals surface area contributed by atoms with Crippen LogP contribution >= 0.6 is 0 Å². The number of hydrogen-bond acceptors (Lipinski definition) is 4. The largest absolute Gasteiger partial charge is 0.341 e. The fourth-order valence-corrected chi connectivity index (χ4v) is 3.32. The minimum Gasteiger partial charge on any atom is -0.341 e. The second-order valence-corrected chi connectivity index (χ2v) is 5.75. The second kappa shape index (κ2) is 5.46. The number of likely N-dealkylation sites (tertiary alicyclic amines) is 1. The lowest BCUT2D eigenvalue weighted by Crippen LogP contribution is -2.32. The molecule has 1 saturated heterocycles. The highest BCUT2D eigenvalue weighted by molar-refractivity contribution is 5.74. The summed E-state index contributed by atoms with van der Waals surface area (Å²) in [7, 11) is 0. The molecule has 2 amide bonds. The molecule has 7 heteroatoms. The van der Waals surface area contributed by atoms with Gasteiger partial charge in [0.15, 0.2) is 5.82 Å². The van der Waals surface area contributed by atoms with Gasteiger partial charge in [0.2, 0.25) is 11.8 Å². The Bertz CT molecular complexity index is 568. The van der Waals surface area contributed by atoms with E-state index in [0.717, 1.165) is 37.5 Å². The Kier molecular flexibility index (Phi) is 3.65. The fraction of sp³-hybridized carbons (Fsp3) is 0.714. The molecule has 1 aromatic rings. The van der Waals surface area contributed by atoms with Crippen LogP contribution in [0, 0.1) is 0 Å². The van der Waals surface area contributed by atoms with Gasteiger partial charge < -0.3 is 14.4 Å². The van der Waals surface area contributed by atoms with Gasteiger partial charge in [-0.15, -0.1) is 10.2 Å². The molecule has 7 nitrogen and oxygen atoms in total. The summed E-state index contributed by atoms with van der Waals surface area (Å²) in [6.45, 7) is 6.08. The smallest absolute Gasteiger partial charge is 0.220 e. The number of rotatable bonds is 1. The molecular formula is C14H21N5O2. The van der Waals surface area contributed by atoms with E-state index in [1.54, 1.807) is 13.8 Å². The van der Waals surface area contributed by atoms with Crippen molar-refractivity contribution in [3.8, 4) is 0 Å². The predicted octanol–water partition coefficient (Wildman–Crippen LogP) is 0.366. The Hall–Kier alpha value is -1.92. The highest BCUT2D eigenvalue weighted by Crippen LogP contribution is 2.31. The Labute approximate surface area is 123 Å². The van der Waals surface area contributed by atoms with Crippen LogP contribution in [0.4, 0.5) is 0 Å². The van der Waals surface area contributed by atoms with Gasteiger partial charge in [-0.05, 0) is 12.8 Å². The summed E-state index contributed by atoms with van der Waals surface area (Å²) in [6, 6.07) is 0.0348. The lowest BCUT2D eigenvalue weighted by Gasteiger charge is -2.23. The van der Waals surface area contributed by atoms with Gasteiger partial charge in [-0.3, -0.25) is 9.59 Å². The molecule has 114 valence electrons. The van der Waals surface area contributed by atoms with Crippen molar-refractivity contribution >= 4 is 11.8 Å². The van der Waals surface area contributed by atoms with E-state index in [0.29, 0.717) is 19.6 Å². The van der Waals surface area contributed by atoms with Crippen LogP contribution in [0.15, 0.2) is 0 Å². The van der Waals surface area contributed by atoms with Crippen LogP contribution in [0.5, 0.6) is 0 Å². The Morgan fingerprint density at radius 3 is 2.57 bits per heavy atom. The molecule has 3 rings (SSSR count). The molecule has 0 aliphatic carbocycles. The van der Waals surface area contributed by atoms with Crippen molar-refractivity contribution in [1.82, 2.24) is 24.6 Å². The van der Waals surface area contributed by atoms with Gasteiger partial charge in [0.25, 0.3) is 0 Å². The normalized spacial score (nSPS) is 22.1. The van der Waals surface area contributed by atoms with Gasteiger partial charge in [-0.2, -0.15) is 0 Å². The highest BCUT2D eigenvalue weighted by Gasteiger charge is 2.33. The van der Waals surface area contributed by atoms with E-state index in [1.165, 1.54) is 0 Å². The molecule has 0 N–H and O–H groups in total. The molecule has 0 saturated carbocycles. The topological polar surface area (TPSA) is 71.3 Å². The van der Waals surface area contributed by atoms with Crippen molar-refractivity contribution in [3.05, 3.63) is 11.6 Å². The van der Waals surface area contributed by atoms with Gasteiger partial charge in [-0.25, -0.2) is 0 Å². The van der Waals surface area contributed by atoms with E-state index in [1.807, 2.05) is 9.80 Å². The fourth-order valence-electron chi connectivity index (χ4n) is 3.32. The van der Waals surface area contributed by atoms with E-state index in [-0.39, 0.29) is 17.9 Å². The quantitative estimate of drug-likeness (QED) is 0.749. The van der Waals surface area contributed by atoms with Crippen molar-refractivity contribution in [2.24, 2.45) is 0 Å². The number of amides is 2. The second-order valence-electron chi connectivity index (χ2n) is 5.75. The molecule has 1 aromatic heterocycles. The first-order valence-corrected chi connectivity index (χ1v) is 7.52. The molecular weight excluding hydrogens is 270 g/mol. The average Bonchev–Trinajstić information content (AvgIpc) is 3.00. The molecule has 0 radical (unpaired) electrons. The summed E-state index contributed by atoms with van der Waals surface area (Å²) in [5, 5.41) is 8.63. The van der Waals surface area contributed by atoms with Gasteiger partial charge in [-0.1, -0.05) is 0 Å². The van der Waals surface area contributed by atoms with E-state index in [9.17, 15) is 9.59 Å². The third-order valence-electron chi connectivity index (χ3n) is 4.46. The summed E-state index contributed by atoms with van der Waals surface area (Å²) < 4.78 is 2.11. The van der Waals surface area contributed by atoms with Crippen molar-refractivity contribution in [2.75, 3.05) is 19.6 Å². The number of carbonyl (C=O) groups excluding carboxylic acids is 2. The third-order valence-corrected chi connectivity index (χ3v) is 4.46. The van der Waals surface area contributed by atoms with Gasteiger partial charge in [0.05, 0.1) is 6.04 Å². The van der Waals surface area contributed by atoms with Gasteiger partial charge in [0, 0.05) is 46.4 Å². The molecule has 0 aromatic carbocycles. The Balaban J connectivity index is 1.85. The first-order chi connectivity index (χ1) is 10.1. The van der Waals surface area contributed by atoms with Crippen molar-refractivity contribution < 1.29 is 9.59 Å². The maximum absolute atomic E-state index is 11.7. The van der Waals surface area contributed by atoms with Crippen molar-refractivity contribution in [2.45, 2.75) is 45.7 Å². The lowest BCUT2D eigenvalue weighted by molar-refractivity contribution is -0.130. The van der Waals surface area contributed by atoms with Crippen LogP contribution in [0.25, 0.3) is 0 Å². The van der Waals surface area contributed by atoms with Crippen LogP contribution in [0.2, 0.25) is 0 Å². The van der Waals surface area contributed by atoms with Crippen molar-refractivity contribution in [1.29, 1.82) is 0 Å². The summed E-state index contributed by atoms with van der Waals surface area (Å²) in [6.07, 6.45) is 2.67. The SMILES string of the molecule is CC(=O)N1CCc2nnc([C@@H]3CCCN3C(C)=O)n2CC1. The van der Waals surface area contributed by atoms with E-state index in [4.69, 9.17) is 0 Å². The van der Waals surface area contributed by atoms with Gasteiger partial charge >= 0.3 is 0 Å². The zero-order valence-corrected chi connectivity index (χ0v) is 12.6. The number of nitrogens with zero attached hydrogens (tertiary/aromatic N) is 5. The molecule has 2 aliphatic heterocycles. The summed E-state index contributed by atoms with van der Waals surface area (Å²) in [5.74, 6) is 1.99. The highest BCUT2D eigenvalue weighted by atomic mass is 16.2. The molecule has 0 bridgehead atoms. The maximum atomic E-state index is 11.7. The monoisotopic (exact) mass is 291 g/mol. The molecule has 0 spiro atoms. The Morgan fingerprint density at radius 1 is 1.05 bits per heavy atom. The van der Waals surface area contributed by atoms with E-state index in [2.05, 4.69) is 14.8 Å². The Morgan fingerprint density at radius 2 is 1.86 bits per heavy atom. The summed E-state index contributed by atoms with van der Waals surface area (Å²) >= 11 is 0. The van der Waals surface area contributed by atoms with Crippen LogP contribution < -0.4 is 0 Å². The van der Waals surface area contributed by atoms with Crippen LogP contribution in [0.3, 0.4) is 0 Å². The van der Waals surface area contributed by atoms with E-state index < -0.39 is 0 Å². The zero-order chi connectivity index (χ0) is 15.0. The number of fused-ring (bicyclic) bond motifs is 1. The van der Waals surface area contributed by atoms with Gasteiger partial charge in [0.1, 0.15) is 5.82 Å². The standard InChI is InChI=1S/C14H21N5O2/c1-10(20)17-7-5-13-15-16-14(19(13)9-8-17)12-4-3-6-18(12)11(2)21/h12H,3-9H2,1-2H3/t12-/m0/s1. The molecule has 0 unspecified atom stereocenters. The molecule has 3 heterocycles. The molecule has 21 heavy (non-hydrogen) atoms. The predicted molar refractivity (Wildman–Crippen MR) is 75.3 cm³/mol. The van der Waals surface area contributed by atoms with Crippen LogP contribution in [0.1, 0.15) is 44.4 Å². The minimum absolute atomic E-state index is 0.0348. The number of hydrogen-bond donors (Lipinski definition) is 0. The molecule has 1 fully saturated rings. The zero-order valence-electron chi connectivity index (χ0n) is 12.6. The minimum atomic E-state index is 0.0348. The number of aromatic nitrogens is 3. The number of carbonyl (C=O) groups is 2. The molecule has 1 atom stereocenters. The van der Waals surface area contributed by atoms with Crippen LogP contribution in [-0.4, -0.2) is 56.0 Å². The summed E-state index contributed by atoms with van der Waals surface area (Å²) in [4.78, 5) is 27.0. The average molecular weight is 291 g/mol.